The van der Waals surface area contributed by atoms with Crippen molar-refractivity contribution in [1.82, 2.24) is 9.47 Å². The number of fused-ring (bicyclic) bond motifs is 1. The summed E-state index contributed by atoms with van der Waals surface area (Å²) in [6, 6.07) is 8.21. The summed E-state index contributed by atoms with van der Waals surface area (Å²) in [7, 11) is 3.28. The molecule has 0 bridgehead atoms. The number of hydrogen-bond acceptors (Lipinski definition) is 3. The van der Waals surface area contributed by atoms with Gasteiger partial charge in [-0.25, -0.2) is 0 Å². The summed E-state index contributed by atoms with van der Waals surface area (Å²) in [6.45, 7) is 6.28. The van der Waals surface area contributed by atoms with Gasteiger partial charge in [-0.3, -0.25) is 4.79 Å². The molecule has 2 heterocycles. The SMILES string of the molecule is COc1cc2c(cc1OC)CN(C(=O)CCn1c(C)ccc1C)CC2. The zero-order valence-corrected chi connectivity index (χ0v) is 15.5. The van der Waals surface area contributed by atoms with E-state index < -0.39 is 0 Å². The Morgan fingerprint density at radius 1 is 1.04 bits per heavy atom. The van der Waals surface area contributed by atoms with E-state index in [0.29, 0.717) is 18.7 Å². The Morgan fingerprint density at radius 3 is 2.24 bits per heavy atom. The molecule has 2 aromatic rings. The van der Waals surface area contributed by atoms with Crippen LogP contribution >= 0.6 is 0 Å². The van der Waals surface area contributed by atoms with Gasteiger partial charge >= 0.3 is 0 Å². The second-order valence-corrected chi connectivity index (χ2v) is 6.56. The second kappa shape index (κ2) is 7.21. The third-order valence-corrected chi connectivity index (χ3v) is 5.04. The van der Waals surface area contributed by atoms with Crippen LogP contribution in [0.3, 0.4) is 0 Å². The lowest BCUT2D eigenvalue weighted by atomic mass is 9.98. The predicted molar refractivity (Wildman–Crippen MR) is 97.2 cm³/mol. The Balaban J connectivity index is 1.68. The number of methoxy groups -OCH3 is 2. The topological polar surface area (TPSA) is 43.7 Å². The smallest absolute Gasteiger partial charge is 0.224 e. The lowest BCUT2D eigenvalue weighted by Crippen LogP contribution is -2.36. The molecule has 5 heteroatoms. The third-order valence-electron chi connectivity index (χ3n) is 5.04. The molecule has 1 aliphatic rings. The molecule has 134 valence electrons. The van der Waals surface area contributed by atoms with Gasteiger partial charge in [0.25, 0.3) is 0 Å². The Kier molecular flexibility index (Phi) is 5.02. The normalized spacial score (nSPS) is 13.5. The molecule has 0 aliphatic carbocycles. The van der Waals surface area contributed by atoms with Gasteiger partial charge in [0.05, 0.1) is 14.2 Å². The van der Waals surface area contributed by atoms with Gasteiger partial charge < -0.3 is 18.9 Å². The van der Waals surface area contributed by atoms with E-state index in [0.717, 1.165) is 30.8 Å². The Hall–Kier alpha value is -2.43. The van der Waals surface area contributed by atoms with Crippen LogP contribution in [0.25, 0.3) is 0 Å². The quantitative estimate of drug-likeness (QED) is 0.839. The fraction of sp³-hybridized carbons (Fsp3) is 0.450. The molecule has 0 N–H and O–H groups in total. The van der Waals surface area contributed by atoms with Gasteiger partial charge in [-0.2, -0.15) is 0 Å². The van der Waals surface area contributed by atoms with Crippen molar-refractivity contribution in [3.05, 3.63) is 46.8 Å². The van der Waals surface area contributed by atoms with Crippen molar-refractivity contribution < 1.29 is 14.3 Å². The highest BCUT2D eigenvalue weighted by molar-refractivity contribution is 5.76. The summed E-state index contributed by atoms with van der Waals surface area (Å²) in [6.07, 6.45) is 1.38. The molecule has 1 aromatic carbocycles. The van der Waals surface area contributed by atoms with E-state index in [1.807, 2.05) is 17.0 Å². The number of aromatic nitrogens is 1. The zero-order chi connectivity index (χ0) is 18.0. The van der Waals surface area contributed by atoms with Crippen LogP contribution < -0.4 is 9.47 Å². The van der Waals surface area contributed by atoms with E-state index >= 15 is 0 Å². The van der Waals surface area contributed by atoms with E-state index in [9.17, 15) is 4.79 Å². The van der Waals surface area contributed by atoms with Crippen LogP contribution in [0.5, 0.6) is 11.5 Å². The maximum atomic E-state index is 12.7. The molecule has 0 spiro atoms. The van der Waals surface area contributed by atoms with Gasteiger partial charge in [-0.05, 0) is 55.7 Å². The molecule has 3 rings (SSSR count). The molecule has 0 atom stereocenters. The minimum Gasteiger partial charge on any atom is -0.493 e. The Morgan fingerprint density at radius 2 is 1.64 bits per heavy atom. The fourth-order valence-electron chi connectivity index (χ4n) is 3.51. The number of nitrogens with zero attached hydrogens (tertiary/aromatic N) is 2. The number of carbonyl (C=O) groups excluding carboxylic acids is 1. The molecular weight excluding hydrogens is 316 g/mol. The number of benzene rings is 1. The molecule has 0 unspecified atom stereocenters. The highest BCUT2D eigenvalue weighted by Gasteiger charge is 2.22. The molecule has 5 nitrogen and oxygen atoms in total. The lowest BCUT2D eigenvalue weighted by Gasteiger charge is -2.30. The average Bonchev–Trinajstić information content (AvgIpc) is 2.95. The second-order valence-electron chi connectivity index (χ2n) is 6.56. The monoisotopic (exact) mass is 342 g/mol. The van der Waals surface area contributed by atoms with Gasteiger partial charge in [-0.1, -0.05) is 0 Å². The van der Waals surface area contributed by atoms with Gasteiger partial charge in [0, 0.05) is 37.4 Å². The predicted octanol–water partition coefficient (Wildman–Crippen LogP) is 3.10. The van der Waals surface area contributed by atoms with Crippen LogP contribution in [0.15, 0.2) is 24.3 Å². The number of aryl methyl sites for hydroxylation is 2. The molecule has 1 amide bonds. The maximum absolute atomic E-state index is 12.7. The minimum absolute atomic E-state index is 0.202. The number of amides is 1. The highest BCUT2D eigenvalue weighted by atomic mass is 16.5. The first-order valence-electron chi connectivity index (χ1n) is 8.67. The van der Waals surface area contributed by atoms with Crippen molar-refractivity contribution in [2.24, 2.45) is 0 Å². The average molecular weight is 342 g/mol. The largest absolute Gasteiger partial charge is 0.493 e. The molecular formula is C20H26N2O3. The maximum Gasteiger partial charge on any atom is 0.224 e. The summed E-state index contributed by atoms with van der Waals surface area (Å²) in [5, 5.41) is 0. The van der Waals surface area contributed by atoms with Gasteiger partial charge in [-0.15, -0.1) is 0 Å². The highest BCUT2D eigenvalue weighted by Crippen LogP contribution is 2.33. The first-order valence-corrected chi connectivity index (χ1v) is 8.67. The molecule has 0 fully saturated rings. The van der Waals surface area contributed by atoms with Crippen LogP contribution in [0.4, 0.5) is 0 Å². The van der Waals surface area contributed by atoms with Crippen LogP contribution in [-0.2, 0) is 24.3 Å². The van der Waals surface area contributed by atoms with Crippen LogP contribution in [0, 0.1) is 13.8 Å². The van der Waals surface area contributed by atoms with Crippen molar-refractivity contribution in [2.75, 3.05) is 20.8 Å². The van der Waals surface area contributed by atoms with Crippen LogP contribution in [0.2, 0.25) is 0 Å². The van der Waals surface area contributed by atoms with E-state index in [2.05, 4.69) is 30.5 Å². The van der Waals surface area contributed by atoms with Crippen molar-refractivity contribution in [3.63, 3.8) is 0 Å². The van der Waals surface area contributed by atoms with Gasteiger partial charge in [0.2, 0.25) is 5.91 Å². The summed E-state index contributed by atoms with van der Waals surface area (Å²) in [4.78, 5) is 14.6. The molecule has 0 radical (unpaired) electrons. The van der Waals surface area contributed by atoms with E-state index in [1.54, 1.807) is 14.2 Å². The molecule has 0 saturated heterocycles. The standard InChI is InChI=1S/C20H26N2O3/c1-14-5-6-15(2)22(14)10-8-20(23)21-9-7-16-11-18(24-3)19(25-4)12-17(16)13-21/h5-6,11-12H,7-10,13H2,1-4H3. The first kappa shape index (κ1) is 17.4. The summed E-state index contributed by atoms with van der Waals surface area (Å²) in [5.74, 6) is 1.67. The molecule has 1 aromatic heterocycles. The first-order chi connectivity index (χ1) is 12.0. The summed E-state index contributed by atoms with van der Waals surface area (Å²) >= 11 is 0. The summed E-state index contributed by atoms with van der Waals surface area (Å²) < 4.78 is 13.0. The van der Waals surface area contributed by atoms with Gasteiger partial charge in [0.15, 0.2) is 11.5 Å². The van der Waals surface area contributed by atoms with E-state index in [4.69, 9.17) is 9.47 Å². The van der Waals surface area contributed by atoms with Crippen molar-refractivity contribution in [1.29, 1.82) is 0 Å². The lowest BCUT2D eigenvalue weighted by molar-refractivity contribution is -0.132. The van der Waals surface area contributed by atoms with E-state index in [1.165, 1.54) is 17.0 Å². The Bertz CT molecular complexity index is 760. The number of hydrogen-bond donors (Lipinski definition) is 0. The Labute approximate surface area is 149 Å². The van der Waals surface area contributed by atoms with E-state index in [-0.39, 0.29) is 5.91 Å². The molecule has 1 aliphatic heterocycles. The van der Waals surface area contributed by atoms with Crippen molar-refractivity contribution >= 4 is 5.91 Å². The fourth-order valence-corrected chi connectivity index (χ4v) is 3.51. The van der Waals surface area contributed by atoms with Crippen LogP contribution in [0.1, 0.15) is 28.9 Å². The number of ether oxygens (including phenoxy) is 2. The number of rotatable bonds is 5. The number of carbonyl (C=O) groups is 1. The molecule has 0 saturated carbocycles. The van der Waals surface area contributed by atoms with Crippen molar-refractivity contribution in [2.45, 2.75) is 39.8 Å². The minimum atomic E-state index is 0.202. The van der Waals surface area contributed by atoms with Crippen LogP contribution in [-0.4, -0.2) is 36.1 Å². The van der Waals surface area contributed by atoms with Gasteiger partial charge in [0.1, 0.15) is 0 Å². The summed E-state index contributed by atoms with van der Waals surface area (Å²) in [5.41, 5.74) is 4.78. The zero-order valence-electron chi connectivity index (χ0n) is 15.5. The van der Waals surface area contributed by atoms with Crippen molar-refractivity contribution in [3.8, 4) is 11.5 Å². The third kappa shape index (κ3) is 3.50. The molecule has 25 heavy (non-hydrogen) atoms.